The third kappa shape index (κ3) is 2.18. The molecule has 0 saturated carbocycles. The number of aromatic nitrogens is 2. The van der Waals surface area contributed by atoms with Crippen LogP contribution in [0.1, 0.15) is 38.2 Å². The molecule has 0 spiro atoms. The van der Waals surface area contributed by atoms with Crippen LogP contribution in [0, 0.1) is 0 Å². The Morgan fingerprint density at radius 1 is 1.26 bits per heavy atom. The minimum atomic E-state index is -0.967. The molecule has 1 aliphatic heterocycles. The lowest BCUT2D eigenvalue weighted by Gasteiger charge is -2.33. The topological polar surface area (TPSA) is 87.3 Å². The van der Waals surface area contributed by atoms with Gasteiger partial charge >= 0.3 is 0 Å². The summed E-state index contributed by atoms with van der Waals surface area (Å²) in [6.45, 7) is 5.28. The van der Waals surface area contributed by atoms with Crippen LogP contribution in [0.15, 0.2) is 29.2 Å². The first-order chi connectivity index (χ1) is 10.8. The number of pyridine rings is 1. The number of fused-ring (bicyclic) bond motifs is 3. The number of H-pyrrole nitrogens is 2. The fourth-order valence-corrected chi connectivity index (χ4v) is 3.02. The lowest BCUT2D eigenvalue weighted by atomic mass is 9.95. The number of ether oxygens (including phenoxy) is 2. The lowest BCUT2D eigenvalue weighted by molar-refractivity contribution is -0.382. The maximum atomic E-state index is 12.3. The molecule has 23 heavy (non-hydrogen) atoms. The molecule has 3 aromatic rings. The van der Waals surface area contributed by atoms with Crippen molar-refractivity contribution in [1.82, 2.24) is 9.97 Å². The Morgan fingerprint density at radius 3 is 2.65 bits per heavy atom. The summed E-state index contributed by atoms with van der Waals surface area (Å²) >= 11 is 0. The monoisotopic (exact) mass is 314 g/mol. The van der Waals surface area contributed by atoms with Crippen molar-refractivity contribution in [2.24, 2.45) is 0 Å². The molecule has 4 rings (SSSR count). The van der Waals surface area contributed by atoms with E-state index in [2.05, 4.69) is 9.97 Å². The van der Waals surface area contributed by atoms with Crippen LogP contribution in [-0.2, 0) is 15.1 Å². The van der Waals surface area contributed by atoms with E-state index in [1.807, 2.05) is 25.1 Å². The van der Waals surface area contributed by atoms with Crippen molar-refractivity contribution < 1.29 is 14.6 Å². The number of rotatable bonds is 2. The second-order valence-electron chi connectivity index (χ2n) is 6.44. The summed E-state index contributed by atoms with van der Waals surface area (Å²) in [6.07, 6.45) is 1.02. The average Bonchev–Trinajstić information content (AvgIpc) is 2.88. The molecule has 0 aliphatic carbocycles. The van der Waals surface area contributed by atoms with Crippen LogP contribution in [0.25, 0.3) is 21.8 Å². The van der Waals surface area contributed by atoms with E-state index < -0.39 is 11.9 Å². The molecule has 1 fully saturated rings. The number of benzene rings is 1. The molecule has 1 aliphatic rings. The number of aromatic amines is 2. The maximum absolute atomic E-state index is 12.3. The van der Waals surface area contributed by atoms with Gasteiger partial charge in [-0.1, -0.05) is 6.07 Å². The Labute approximate surface area is 132 Å². The third-order valence-electron chi connectivity index (χ3n) is 4.27. The van der Waals surface area contributed by atoms with Gasteiger partial charge in [0.2, 0.25) is 0 Å². The van der Waals surface area contributed by atoms with Gasteiger partial charge in [0.15, 0.2) is 12.6 Å². The quantitative estimate of drug-likeness (QED) is 0.678. The molecule has 120 valence electrons. The fraction of sp³-hybridized carbons (Fsp3) is 0.353. The number of nitrogens with one attached hydrogen (secondary N) is 2. The molecule has 1 aromatic carbocycles. The molecule has 1 saturated heterocycles. The highest BCUT2D eigenvalue weighted by molar-refractivity contribution is 6.06. The van der Waals surface area contributed by atoms with Crippen molar-refractivity contribution >= 4 is 21.8 Å². The predicted molar refractivity (Wildman–Crippen MR) is 86.0 cm³/mol. The van der Waals surface area contributed by atoms with Gasteiger partial charge in [0.25, 0.3) is 5.56 Å². The molecule has 0 atom stereocenters. The molecule has 3 heterocycles. The zero-order chi connectivity index (χ0) is 16.4. The van der Waals surface area contributed by atoms with Crippen LogP contribution >= 0.6 is 0 Å². The Balaban J connectivity index is 2.04. The molecule has 0 amide bonds. The van der Waals surface area contributed by atoms with Gasteiger partial charge in [0, 0.05) is 28.0 Å². The normalized spacial score (nSPS) is 21.7. The van der Waals surface area contributed by atoms with Crippen LogP contribution in [0.4, 0.5) is 0 Å². The Hall–Kier alpha value is -2.15. The van der Waals surface area contributed by atoms with Gasteiger partial charge < -0.3 is 24.5 Å². The van der Waals surface area contributed by atoms with E-state index in [0.717, 1.165) is 21.9 Å². The molecule has 0 unspecified atom stereocenters. The summed E-state index contributed by atoms with van der Waals surface area (Å²) in [6, 6.07) is 5.52. The summed E-state index contributed by atoms with van der Waals surface area (Å²) in [5.74, 6) is 0. The second kappa shape index (κ2) is 4.67. The van der Waals surface area contributed by atoms with Crippen molar-refractivity contribution in [3.8, 4) is 0 Å². The number of aliphatic hydroxyl groups is 1. The van der Waals surface area contributed by atoms with Crippen molar-refractivity contribution in [3.63, 3.8) is 0 Å². The standard InChI is InChI=1S/C17H18N2O4/c1-8-22-16(23-8)11-7-18-14-13(11)10-6-9(17(2,3)21)4-5-12(10)19-15(14)20/h4-8,16,18,21H,1-3H3,(H,19,20). The molecule has 0 bridgehead atoms. The highest BCUT2D eigenvalue weighted by atomic mass is 16.9. The first-order valence-corrected chi connectivity index (χ1v) is 7.55. The first-order valence-electron chi connectivity index (χ1n) is 7.55. The second-order valence-corrected chi connectivity index (χ2v) is 6.44. The number of hydrogen-bond acceptors (Lipinski definition) is 4. The van der Waals surface area contributed by atoms with Crippen LogP contribution in [-0.4, -0.2) is 21.4 Å². The Morgan fingerprint density at radius 2 is 2.00 bits per heavy atom. The van der Waals surface area contributed by atoms with E-state index in [4.69, 9.17) is 9.47 Å². The molecular weight excluding hydrogens is 296 g/mol. The SMILES string of the molecule is CC1OC(c2c[nH]c3c(=O)[nH]c4ccc(C(C)(C)O)cc4c23)O1. The van der Waals surface area contributed by atoms with Crippen LogP contribution in [0.2, 0.25) is 0 Å². The average molecular weight is 314 g/mol. The van der Waals surface area contributed by atoms with E-state index in [9.17, 15) is 9.90 Å². The van der Waals surface area contributed by atoms with Crippen molar-refractivity contribution in [2.45, 2.75) is 39.0 Å². The molecular formula is C17H18N2O4. The maximum Gasteiger partial charge on any atom is 0.272 e. The van der Waals surface area contributed by atoms with Gasteiger partial charge in [0.05, 0.1) is 5.60 Å². The minimum Gasteiger partial charge on any atom is -0.386 e. The van der Waals surface area contributed by atoms with Gasteiger partial charge in [-0.25, -0.2) is 0 Å². The Bertz CT molecular complexity index is 958. The third-order valence-corrected chi connectivity index (χ3v) is 4.27. The van der Waals surface area contributed by atoms with Crippen LogP contribution in [0.5, 0.6) is 0 Å². The summed E-state index contributed by atoms with van der Waals surface area (Å²) in [7, 11) is 0. The molecule has 3 N–H and O–H groups in total. The van der Waals surface area contributed by atoms with E-state index in [0.29, 0.717) is 11.0 Å². The van der Waals surface area contributed by atoms with Crippen LogP contribution in [0.3, 0.4) is 0 Å². The largest absolute Gasteiger partial charge is 0.386 e. The lowest BCUT2D eigenvalue weighted by Crippen LogP contribution is -2.31. The van der Waals surface area contributed by atoms with E-state index in [1.54, 1.807) is 20.0 Å². The zero-order valence-electron chi connectivity index (χ0n) is 13.1. The van der Waals surface area contributed by atoms with Gasteiger partial charge in [-0.2, -0.15) is 0 Å². The van der Waals surface area contributed by atoms with Gasteiger partial charge in [-0.15, -0.1) is 0 Å². The zero-order valence-corrected chi connectivity index (χ0v) is 13.1. The highest BCUT2D eigenvalue weighted by Gasteiger charge is 2.31. The smallest absolute Gasteiger partial charge is 0.272 e. The molecule has 6 nitrogen and oxygen atoms in total. The summed E-state index contributed by atoms with van der Waals surface area (Å²) in [5.41, 5.74) is 1.60. The fourth-order valence-electron chi connectivity index (χ4n) is 3.02. The van der Waals surface area contributed by atoms with Gasteiger partial charge in [0.1, 0.15) is 5.52 Å². The van der Waals surface area contributed by atoms with Crippen LogP contribution < -0.4 is 5.56 Å². The van der Waals surface area contributed by atoms with Gasteiger partial charge in [-0.05, 0) is 38.5 Å². The number of hydrogen-bond donors (Lipinski definition) is 3. The summed E-state index contributed by atoms with van der Waals surface area (Å²) < 4.78 is 11.1. The molecule has 0 radical (unpaired) electrons. The minimum absolute atomic E-state index is 0.192. The first kappa shape index (κ1) is 14.4. The predicted octanol–water partition coefficient (Wildman–Crippen LogP) is 2.63. The summed E-state index contributed by atoms with van der Waals surface area (Å²) in [5, 5.41) is 11.9. The van der Waals surface area contributed by atoms with Crippen molar-refractivity contribution in [2.75, 3.05) is 0 Å². The van der Waals surface area contributed by atoms with Crippen molar-refractivity contribution in [3.05, 3.63) is 45.9 Å². The Kier molecular flexibility index (Phi) is 2.93. The molecule has 6 heteroatoms. The van der Waals surface area contributed by atoms with Gasteiger partial charge in [-0.3, -0.25) is 4.79 Å². The van der Waals surface area contributed by atoms with E-state index >= 15 is 0 Å². The van der Waals surface area contributed by atoms with Crippen molar-refractivity contribution in [1.29, 1.82) is 0 Å². The summed E-state index contributed by atoms with van der Waals surface area (Å²) in [4.78, 5) is 18.1. The van der Waals surface area contributed by atoms with E-state index in [-0.39, 0.29) is 11.8 Å². The molecule has 2 aromatic heterocycles. The van der Waals surface area contributed by atoms with E-state index in [1.165, 1.54) is 0 Å². The highest BCUT2D eigenvalue weighted by Crippen LogP contribution is 2.38.